The number of hydrogen-bond acceptors (Lipinski definition) is 5. The van der Waals surface area contributed by atoms with Crippen LogP contribution in [0.3, 0.4) is 0 Å². The van der Waals surface area contributed by atoms with Crippen LogP contribution in [0.1, 0.15) is 42.3 Å². The van der Waals surface area contributed by atoms with E-state index in [9.17, 15) is 22.8 Å². The van der Waals surface area contributed by atoms with Gasteiger partial charge in [0.1, 0.15) is 6.04 Å². The molecule has 4 aromatic heterocycles. The van der Waals surface area contributed by atoms with Gasteiger partial charge in [-0.3, -0.25) is 14.5 Å². The van der Waals surface area contributed by atoms with Crippen molar-refractivity contribution in [3.8, 4) is 11.3 Å². The van der Waals surface area contributed by atoms with E-state index in [1.165, 1.54) is 12.4 Å². The Morgan fingerprint density at radius 1 is 1.17 bits per heavy atom. The number of hydrogen-bond donors (Lipinski definition) is 2. The highest BCUT2D eigenvalue weighted by Gasteiger charge is 2.42. The number of fused-ring (bicyclic) bond motifs is 2. The molecule has 0 aliphatic heterocycles. The molecule has 1 aliphatic carbocycles. The average Bonchev–Trinajstić information content (AvgIpc) is 3.26. The lowest BCUT2D eigenvalue weighted by Crippen LogP contribution is -2.24. The van der Waals surface area contributed by atoms with Crippen LogP contribution in [0.15, 0.2) is 58.6 Å². The second kappa shape index (κ2) is 7.39. The Morgan fingerprint density at radius 2 is 2.00 bits per heavy atom. The predicted octanol–water partition coefficient (Wildman–Crippen LogP) is 3.52. The zero-order valence-electron chi connectivity index (χ0n) is 18.2. The zero-order chi connectivity index (χ0) is 24.5. The van der Waals surface area contributed by atoms with E-state index in [1.807, 2.05) is 6.07 Å². The average molecular weight is 481 g/mol. The van der Waals surface area contributed by atoms with Crippen molar-refractivity contribution in [2.45, 2.75) is 37.4 Å². The van der Waals surface area contributed by atoms with Crippen LogP contribution in [0, 0.1) is 0 Å². The molecule has 2 N–H and O–H groups in total. The molecule has 1 fully saturated rings. The van der Waals surface area contributed by atoms with Crippen molar-refractivity contribution in [3.05, 3.63) is 81.0 Å². The maximum atomic E-state index is 13.3. The normalized spacial score (nSPS) is 18.9. The molecule has 178 valence electrons. The molecule has 6 rings (SSSR count). The summed E-state index contributed by atoms with van der Waals surface area (Å²) in [6, 6.07) is 5.51. The molecule has 0 saturated heterocycles. The standard InChI is InChI=1S/C23H18F3N7O2/c1-11(23(24,25)26)33-19-6-12(2-3-13(19)9-29-33)14-7-15(14)16-8-18(31-32-5-4-27-20(16)32)17-10-28-22(35)30-21(17)34/h2-6,8-11,14-15H,7H2,1H3,(H2,28,30,34,35)/t11-,14+,15?/m0/s1. The van der Waals surface area contributed by atoms with Crippen molar-refractivity contribution in [2.24, 2.45) is 0 Å². The molecule has 1 aliphatic rings. The molecule has 0 radical (unpaired) electrons. The van der Waals surface area contributed by atoms with E-state index in [-0.39, 0.29) is 17.4 Å². The van der Waals surface area contributed by atoms with E-state index in [0.29, 0.717) is 22.2 Å². The van der Waals surface area contributed by atoms with Gasteiger partial charge in [0.2, 0.25) is 0 Å². The van der Waals surface area contributed by atoms with Crippen LogP contribution >= 0.6 is 0 Å². The van der Waals surface area contributed by atoms with E-state index in [2.05, 4.69) is 25.1 Å². The smallest absolute Gasteiger partial charge is 0.313 e. The molecular formula is C23H18F3N7O2. The van der Waals surface area contributed by atoms with Crippen LogP contribution in [0.4, 0.5) is 13.2 Å². The monoisotopic (exact) mass is 481 g/mol. The molecule has 0 amide bonds. The molecule has 5 aromatic rings. The van der Waals surface area contributed by atoms with Crippen molar-refractivity contribution in [3.63, 3.8) is 0 Å². The van der Waals surface area contributed by atoms with Gasteiger partial charge in [-0.2, -0.15) is 23.4 Å². The summed E-state index contributed by atoms with van der Waals surface area (Å²) >= 11 is 0. The van der Waals surface area contributed by atoms with Crippen molar-refractivity contribution in [1.82, 2.24) is 34.3 Å². The van der Waals surface area contributed by atoms with Crippen LogP contribution in [0.25, 0.3) is 27.8 Å². The minimum Gasteiger partial charge on any atom is -0.313 e. The molecule has 0 bridgehead atoms. The van der Waals surface area contributed by atoms with E-state index in [4.69, 9.17) is 0 Å². The molecule has 12 heteroatoms. The molecule has 1 unspecified atom stereocenters. The quantitative estimate of drug-likeness (QED) is 0.408. The van der Waals surface area contributed by atoms with Gasteiger partial charge in [-0.1, -0.05) is 12.1 Å². The SMILES string of the molecule is C[C@H](n1ncc2ccc([C@H]3CC3c3cc(-c4c[nH]c(=O)[nH]c4=O)nn4ccnc34)cc21)C(F)(F)F. The van der Waals surface area contributed by atoms with Gasteiger partial charge < -0.3 is 4.98 Å². The summed E-state index contributed by atoms with van der Waals surface area (Å²) in [4.78, 5) is 32.8. The maximum absolute atomic E-state index is 13.3. The lowest BCUT2D eigenvalue weighted by Gasteiger charge is -2.17. The topological polar surface area (TPSA) is 114 Å². The largest absolute Gasteiger partial charge is 0.410 e. The summed E-state index contributed by atoms with van der Waals surface area (Å²) in [7, 11) is 0. The number of rotatable bonds is 4. The number of aromatic nitrogens is 7. The van der Waals surface area contributed by atoms with Crippen LogP contribution in [-0.2, 0) is 0 Å². The van der Waals surface area contributed by atoms with Crippen molar-refractivity contribution >= 4 is 16.6 Å². The van der Waals surface area contributed by atoms with E-state index >= 15 is 0 Å². The van der Waals surface area contributed by atoms with Gasteiger partial charge in [0, 0.05) is 29.5 Å². The van der Waals surface area contributed by atoms with Gasteiger partial charge in [0.25, 0.3) is 5.56 Å². The molecule has 9 nitrogen and oxygen atoms in total. The van der Waals surface area contributed by atoms with Gasteiger partial charge in [-0.25, -0.2) is 14.3 Å². The second-order valence-corrected chi connectivity index (χ2v) is 8.74. The Bertz CT molecular complexity index is 1710. The number of imidazole rings is 1. The minimum absolute atomic E-state index is 0.0392. The highest BCUT2D eigenvalue weighted by Crippen LogP contribution is 2.56. The minimum atomic E-state index is -4.41. The second-order valence-electron chi connectivity index (χ2n) is 8.74. The van der Waals surface area contributed by atoms with Gasteiger partial charge in [0.15, 0.2) is 5.65 Å². The Labute approximate surface area is 194 Å². The maximum Gasteiger partial charge on any atom is 0.410 e. The first kappa shape index (κ1) is 21.3. The predicted molar refractivity (Wildman–Crippen MR) is 120 cm³/mol. The Kier molecular flexibility index (Phi) is 4.50. The summed E-state index contributed by atoms with van der Waals surface area (Å²) in [5, 5.41) is 9.06. The fourth-order valence-corrected chi connectivity index (χ4v) is 4.59. The molecule has 1 aromatic carbocycles. The number of alkyl halides is 3. The summed E-state index contributed by atoms with van der Waals surface area (Å²) in [5.41, 5.74) is 2.26. The number of aromatic amines is 2. The van der Waals surface area contributed by atoms with Crippen molar-refractivity contribution in [2.75, 3.05) is 0 Å². The first-order valence-electron chi connectivity index (χ1n) is 10.9. The van der Waals surface area contributed by atoms with Gasteiger partial charge in [0.05, 0.1) is 23.0 Å². The first-order chi connectivity index (χ1) is 16.7. The number of nitrogens with zero attached hydrogens (tertiary/aromatic N) is 5. The molecular weight excluding hydrogens is 463 g/mol. The van der Waals surface area contributed by atoms with Crippen LogP contribution < -0.4 is 11.2 Å². The number of halogens is 3. The summed E-state index contributed by atoms with van der Waals surface area (Å²) in [6.07, 6.45) is 2.39. The van der Waals surface area contributed by atoms with E-state index in [0.717, 1.165) is 29.2 Å². The summed E-state index contributed by atoms with van der Waals surface area (Å²) in [5.74, 6) is 0.103. The third-order valence-electron chi connectivity index (χ3n) is 6.56. The van der Waals surface area contributed by atoms with E-state index < -0.39 is 23.5 Å². The van der Waals surface area contributed by atoms with Crippen molar-refractivity contribution in [1.29, 1.82) is 0 Å². The lowest BCUT2D eigenvalue weighted by atomic mass is 10.0. The Balaban J connectivity index is 1.40. The summed E-state index contributed by atoms with van der Waals surface area (Å²) < 4.78 is 42.6. The molecule has 3 atom stereocenters. The highest BCUT2D eigenvalue weighted by atomic mass is 19.4. The third kappa shape index (κ3) is 3.52. The zero-order valence-corrected chi connectivity index (χ0v) is 18.2. The molecule has 4 heterocycles. The fraction of sp³-hybridized carbons (Fsp3) is 0.261. The highest BCUT2D eigenvalue weighted by molar-refractivity contribution is 5.80. The Hall–Kier alpha value is -4.22. The van der Waals surface area contributed by atoms with Gasteiger partial charge in [-0.15, -0.1) is 0 Å². The molecule has 35 heavy (non-hydrogen) atoms. The first-order valence-corrected chi connectivity index (χ1v) is 10.9. The van der Waals surface area contributed by atoms with Gasteiger partial charge >= 0.3 is 11.9 Å². The number of nitrogens with one attached hydrogen (secondary N) is 2. The molecule has 1 saturated carbocycles. The van der Waals surface area contributed by atoms with Crippen LogP contribution in [0.5, 0.6) is 0 Å². The Morgan fingerprint density at radius 3 is 2.77 bits per heavy atom. The summed E-state index contributed by atoms with van der Waals surface area (Å²) in [6.45, 7) is 1.09. The van der Waals surface area contributed by atoms with Crippen LogP contribution in [0.2, 0.25) is 0 Å². The third-order valence-corrected chi connectivity index (χ3v) is 6.56. The molecule has 0 spiro atoms. The number of benzene rings is 1. The van der Waals surface area contributed by atoms with E-state index in [1.54, 1.807) is 35.1 Å². The van der Waals surface area contributed by atoms with Crippen molar-refractivity contribution < 1.29 is 13.2 Å². The number of H-pyrrole nitrogens is 2. The van der Waals surface area contributed by atoms with Gasteiger partial charge in [-0.05, 0) is 42.9 Å². The lowest BCUT2D eigenvalue weighted by molar-refractivity contribution is -0.164. The fourth-order valence-electron chi connectivity index (χ4n) is 4.59. The van der Waals surface area contributed by atoms with Crippen LogP contribution in [-0.4, -0.2) is 40.5 Å².